The Hall–Kier alpha value is -2.97. The molecule has 0 aliphatic carbocycles. The van der Waals surface area contributed by atoms with Crippen molar-refractivity contribution in [2.75, 3.05) is 17.7 Å². The number of hydrogen-bond donors (Lipinski definition) is 1. The largest absolute Gasteiger partial charge is 0.489 e. The molecular weight excluding hydrogens is 496 g/mol. The molecule has 0 bridgehead atoms. The number of ether oxygens (including phenoxy) is 2. The normalized spacial score (nSPS) is 14.8. The summed E-state index contributed by atoms with van der Waals surface area (Å²) in [7, 11) is 0. The van der Waals surface area contributed by atoms with Gasteiger partial charge in [-0.25, -0.2) is 9.48 Å². The molecule has 0 amide bonds. The zero-order valence-electron chi connectivity index (χ0n) is 20.8. The number of esters is 1. The fraction of sp³-hybridized carbons (Fsp3) is 0.370. The highest BCUT2D eigenvalue weighted by Crippen LogP contribution is 2.37. The first-order valence-electron chi connectivity index (χ1n) is 12.2. The smallest absolute Gasteiger partial charge is 0.338 e. The molecule has 1 aliphatic heterocycles. The third kappa shape index (κ3) is 6.23. The second-order valence-corrected chi connectivity index (χ2v) is 10.0. The second kappa shape index (κ2) is 12.3. The van der Waals surface area contributed by atoms with E-state index in [1.807, 2.05) is 55.5 Å². The van der Waals surface area contributed by atoms with Gasteiger partial charge in [0.2, 0.25) is 11.1 Å². The zero-order valence-corrected chi connectivity index (χ0v) is 22.4. The van der Waals surface area contributed by atoms with Crippen molar-refractivity contribution in [3.63, 3.8) is 0 Å². The van der Waals surface area contributed by atoms with E-state index in [0.717, 1.165) is 47.6 Å². The number of anilines is 1. The molecule has 1 atom stereocenters. The molecule has 2 aromatic carbocycles. The summed E-state index contributed by atoms with van der Waals surface area (Å²) in [5, 5.41) is 9.37. The van der Waals surface area contributed by atoms with Gasteiger partial charge >= 0.3 is 5.97 Å². The van der Waals surface area contributed by atoms with Crippen LogP contribution in [-0.2, 0) is 16.1 Å². The van der Waals surface area contributed by atoms with E-state index in [1.54, 1.807) is 16.4 Å². The molecule has 0 saturated carbocycles. The van der Waals surface area contributed by atoms with Crippen LogP contribution in [0.25, 0.3) is 0 Å². The minimum atomic E-state index is -0.454. The van der Waals surface area contributed by atoms with Crippen molar-refractivity contribution in [1.82, 2.24) is 14.8 Å². The number of nitrogens with one attached hydrogen (secondary N) is 1. The molecular formula is C27H31ClN4O3S. The fourth-order valence-electron chi connectivity index (χ4n) is 3.84. The lowest BCUT2D eigenvalue weighted by Gasteiger charge is -2.28. The van der Waals surface area contributed by atoms with Gasteiger partial charge in [-0.2, -0.15) is 4.98 Å². The number of thioether (sulfide) groups is 1. The van der Waals surface area contributed by atoms with Gasteiger partial charge < -0.3 is 14.8 Å². The number of carbonyl (C=O) groups excluding carboxylic acids is 1. The molecule has 0 saturated heterocycles. The predicted octanol–water partition coefficient (Wildman–Crippen LogP) is 6.64. The average molecular weight is 527 g/mol. The van der Waals surface area contributed by atoms with Gasteiger partial charge in [0.05, 0.1) is 12.2 Å². The number of carbonyl (C=O) groups is 1. The Morgan fingerprint density at radius 3 is 2.56 bits per heavy atom. The maximum Gasteiger partial charge on any atom is 0.338 e. The molecule has 9 heteroatoms. The summed E-state index contributed by atoms with van der Waals surface area (Å²) in [6, 6.07) is 14.9. The number of unbranched alkanes of at least 4 members (excludes halogenated alkanes) is 1. The van der Waals surface area contributed by atoms with Crippen molar-refractivity contribution in [1.29, 1.82) is 0 Å². The Balaban J connectivity index is 1.60. The van der Waals surface area contributed by atoms with Gasteiger partial charge in [0.15, 0.2) is 0 Å². The second-order valence-electron chi connectivity index (χ2n) is 8.55. The number of halogens is 1. The first-order valence-corrected chi connectivity index (χ1v) is 13.6. The molecule has 0 spiro atoms. The summed E-state index contributed by atoms with van der Waals surface area (Å²) in [5.41, 5.74) is 3.18. The monoisotopic (exact) mass is 526 g/mol. The molecule has 3 aromatic rings. The van der Waals surface area contributed by atoms with E-state index in [-0.39, 0.29) is 5.97 Å². The third-order valence-corrected chi connectivity index (χ3v) is 7.03. The number of aromatic nitrogens is 3. The first kappa shape index (κ1) is 26.1. The highest BCUT2D eigenvalue weighted by atomic mass is 35.5. The summed E-state index contributed by atoms with van der Waals surface area (Å²) >= 11 is 7.57. The van der Waals surface area contributed by atoms with E-state index in [4.69, 9.17) is 26.2 Å². The highest BCUT2D eigenvalue weighted by Gasteiger charge is 2.35. The highest BCUT2D eigenvalue weighted by molar-refractivity contribution is 7.99. The Kier molecular flexibility index (Phi) is 8.93. The molecule has 36 heavy (non-hydrogen) atoms. The van der Waals surface area contributed by atoms with Crippen LogP contribution in [-0.4, -0.2) is 33.1 Å². The standard InChI is InChI=1S/C27H31ClN4O3S/c1-4-6-15-34-25(33)23-18(3)29-26-30-27(36-16-5-2)31-32(26)24(23)20-9-13-22(14-10-20)35-17-19-7-11-21(28)12-8-19/h7-14,24H,4-6,15-17H2,1-3H3,(H,29,30,31). The zero-order chi connectivity index (χ0) is 25.5. The predicted molar refractivity (Wildman–Crippen MR) is 144 cm³/mol. The van der Waals surface area contributed by atoms with Crippen LogP contribution in [0.15, 0.2) is 65.0 Å². The van der Waals surface area contributed by atoms with Crippen molar-refractivity contribution in [3.05, 3.63) is 76.0 Å². The van der Waals surface area contributed by atoms with E-state index >= 15 is 0 Å². The number of hydrogen-bond acceptors (Lipinski definition) is 7. The van der Waals surface area contributed by atoms with E-state index in [2.05, 4.69) is 24.1 Å². The minimum Gasteiger partial charge on any atom is -0.489 e. The number of rotatable bonds is 11. The van der Waals surface area contributed by atoms with Crippen LogP contribution in [0.3, 0.4) is 0 Å². The van der Waals surface area contributed by atoms with E-state index in [0.29, 0.717) is 34.9 Å². The Bertz CT molecular complexity index is 1210. The van der Waals surface area contributed by atoms with Crippen LogP contribution < -0.4 is 10.1 Å². The van der Waals surface area contributed by atoms with E-state index < -0.39 is 6.04 Å². The molecule has 2 heterocycles. The van der Waals surface area contributed by atoms with Gasteiger partial charge in [0.1, 0.15) is 18.4 Å². The Morgan fingerprint density at radius 1 is 1.11 bits per heavy atom. The molecule has 7 nitrogen and oxygen atoms in total. The van der Waals surface area contributed by atoms with E-state index in [1.165, 1.54) is 0 Å². The van der Waals surface area contributed by atoms with Crippen molar-refractivity contribution in [3.8, 4) is 5.75 Å². The summed E-state index contributed by atoms with van der Waals surface area (Å²) < 4.78 is 13.4. The fourth-order valence-corrected chi connectivity index (χ4v) is 4.65. The van der Waals surface area contributed by atoms with Crippen molar-refractivity contribution >= 4 is 35.3 Å². The Labute approximate surface area is 221 Å². The van der Waals surface area contributed by atoms with Crippen LogP contribution in [0.1, 0.15) is 57.2 Å². The third-order valence-electron chi connectivity index (χ3n) is 5.73. The summed E-state index contributed by atoms with van der Waals surface area (Å²) in [6.45, 7) is 6.89. The summed E-state index contributed by atoms with van der Waals surface area (Å²) in [4.78, 5) is 17.8. The molecule has 1 aliphatic rings. The van der Waals surface area contributed by atoms with Crippen LogP contribution in [0, 0.1) is 0 Å². The Morgan fingerprint density at radius 2 is 1.86 bits per heavy atom. The maximum atomic E-state index is 13.2. The molecule has 0 radical (unpaired) electrons. The molecule has 1 N–H and O–H groups in total. The van der Waals surface area contributed by atoms with Crippen molar-refractivity contribution < 1.29 is 14.3 Å². The maximum absolute atomic E-state index is 13.2. The van der Waals surface area contributed by atoms with Crippen LogP contribution >= 0.6 is 23.4 Å². The lowest BCUT2D eigenvalue weighted by molar-refractivity contribution is -0.139. The van der Waals surface area contributed by atoms with Gasteiger partial charge in [0.25, 0.3) is 0 Å². The lowest BCUT2D eigenvalue weighted by Crippen LogP contribution is -2.29. The van der Waals surface area contributed by atoms with Crippen LogP contribution in [0.2, 0.25) is 5.02 Å². The van der Waals surface area contributed by atoms with Crippen molar-refractivity contribution in [2.24, 2.45) is 0 Å². The quantitative estimate of drug-likeness (QED) is 0.170. The van der Waals surface area contributed by atoms with Crippen LogP contribution in [0.5, 0.6) is 5.75 Å². The first-order chi connectivity index (χ1) is 17.5. The van der Waals surface area contributed by atoms with Crippen LogP contribution in [0.4, 0.5) is 5.95 Å². The molecule has 190 valence electrons. The summed E-state index contributed by atoms with van der Waals surface area (Å²) in [6.07, 6.45) is 2.80. The van der Waals surface area contributed by atoms with Gasteiger partial charge in [-0.15, -0.1) is 5.10 Å². The molecule has 4 rings (SSSR count). The molecule has 1 unspecified atom stereocenters. The van der Waals surface area contributed by atoms with Gasteiger partial charge in [-0.3, -0.25) is 0 Å². The molecule has 0 fully saturated rings. The van der Waals surface area contributed by atoms with Gasteiger partial charge in [-0.1, -0.05) is 67.9 Å². The van der Waals surface area contributed by atoms with E-state index in [9.17, 15) is 4.79 Å². The SMILES string of the molecule is CCCCOC(=O)C1=C(C)Nc2nc(SCCC)nn2C1c1ccc(OCc2ccc(Cl)cc2)cc1. The summed E-state index contributed by atoms with van der Waals surface area (Å²) in [5.74, 6) is 1.93. The number of fused-ring (bicyclic) bond motifs is 1. The minimum absolute atomic E-state index is 0.342. The lowest BCUT2D eigenvalue weighted by atomic mass is 9.96. The van der Waals surface area contributed by atoms with Gasteiger partial charge in [0, 0.05) is 16.5 Å². The van der Waals surface area contributed by atoms with Gasteiger partial charge in [-0.05, 0) is 55.2 Å². The number of allylic oxidation sites excluding steroid dienone is 1. The van der Waals surface area contributed by atoms with Crippen molar-refractivity contribution in [2.45, 2.75) is 57.8 Å². The number of benzene rings is 2. The number of nitrogens with zero attached hydrogens (tertiary/aromatic N) is 3. The molecule has 1 aromatic heterocycles. The topological polar surface area (TPSA) is 78.3 Å². The average Bonchev–Trinajstić information content (AvgIpc) is 3.29.